The first-order chi connectivity index (χ1) is 7.79. The van der Waals surface area contributed by atoms with Crippen molar-refractivity contribution in [3.05, 3.63) is 45.9 Å². The van der Waals surface area contributed by atoms with Gasteiger partial charge in [0.1, 0.15) is 0 Å². The Morgan fingerprint density at radius 1 is 1.38 bits per heavy atom. The molecule has 0 bridgehead atoms. The Morgan fingerprint density at radius 3 is 2.88 bits per heavy atom. The highest BCUT2D eigenvalue weighted by Gasteiger charge is 2.01. The van der Waals surface area contributed by atoms with Gasteiger partial charge in [0.05, 0.1) is 23.9 Å². The molecule has 0 amide bonds. The van der Waals surface area contributed by atoms with Crippen molar-refractivity contribution in [2.75, 3.05) is 5.32 Å². The second-order valence-electron chi connectivity index (χ2n) is 3.53. The Balaban J connectivity index is 2.04. The molecule has 0 aliphatic heterocycles. The Bertz CT molecular complexity index is 468. The van der Waals surface area contributed by atoms with Gasteiger partial charge in [0.15, 0.2) is 0 Å². The van der Waals surface area contributed by atoms with Crippen LogP contribution < -0.4 is 5.32 Å². The molecule has 16 heavy (non-hydrogen) atoms. The molecule has 0 aliphatic carbocycles. The van der Waals surface area contributed by atoms with Crippen LogP contribution in [0.15, 0.2) is 29.6 Å². The first kappa shape index (κ1) is 11.1. The number of aryl methyl sites for hydroxylation is 1. The van der Waals surface area contributed by atoms with E-state index in [0.29, 0.717) is 6.54 Å². The molecule has 0 saturated carbocycles. The lowest BCUT2D eigenvalue weighted by atomic mass is 10.2. The third kappa shape index (κ3) is 2.59. The normalized spacial score (nSPS) is 10.4. The van der Waals surface area contributed by atoms with Gasteiger partial charge in [-0.25, -0.2) is 4.98 Å². The van der Waals surface area contributed by atoms with Crippen LogP contribution in [0, 0.1) is 6.92 Å². The SMILES string of the molecule is Cc1nc(CNc2ccccc2CO)cs1. The van der Waals surface area contributed by atoms with Gasteiger partial charge >= 0.3 is 0 Å². The van der Waals surface area contributed by atoms with Gasteiger partial charge in [-0.05, 0) is 13.0 Å². The number of nitrogens with zero attached hydrogens (tertiary/aromatic N) is 1. The lowest BCUT2D eigenvalue weighted by Gasteiger charge is -2.08. The second-order valence-corrected chi connectivity index (χ2v) is 4.59. The molecule has 0 spiro atoms. The number of aliphatic hydroxyl groups excluding tert-OH is 1. The van der Waals surface area contributed by atoms with Gasteiger partial charge in [0.25, 0.3) is 0 Å². The highest BCUT2D eigenvalue weighted by molar-refractivity contribution is 7.09. The molecule has 0 aliphatic rings. The molecule has 2 N–H and O–H groups in total. The van der Waals surface area contributed by atoms with Crippen molar-refractivity contribution in [3.8, 4) is 0 Å². The molecule has 0 radical (unpaired) electrons. The number of anilines is 1. The highest BCUT2D eigenvalue weighted by atomic mass is 32.1. The number of hydrogen-bond acceptors (Lipinski definition) is 4. The van der Waals surface area contributed by atoms with Crippen LogP contribution in [0.1, 0.15) is 16.3 Å². The summed E-state index contributed by atoms with van der Waals surface area (Å²) in [4.78, 5) is 4.37. The zero-order valence-corrected chi connectivity index (χ0v) is 9.92. The van der Waals surface area contributed by atoms with E-state index in [1.54, 1.807) is 11.3 Å². The minimum Gasteiger partial charge on any atom is -0.392 e. The molecule has 0 unspecified atom stereocenters. The standard InChI is InChI=1S/C12H14N2OS/c1-9-14-11(8-16-9)6-13-12-5-3-2-4-10(12)7-15/h2-5,8,13,15H,6-7H2,1H3. The largest absolute Gasteiger partial charge is 0.392 e. The fourth-order valence-corrected chi connectivity index (χ4v) is 2.12. The maximum absolute atomic E-state index is 9.17. The van der Waals surface area contributed by atoms with Crippen molar-refractivity contribution in [2.24, 2.45) is 0 Å². The first-order valence-electron chi connectivity index (χ1n) is 5.13. The number of benzene rings is 1. The topological polar surface area (TPSA) is 45.2 Å². The Hall–Kier alpha value is -1.39. The van der Waals surface area contributed by atoms with Crippen LogP contribution in [0.3, 0.4) is 0 Å². The summed E-state index contributed by atoms with van der Waals surface area (Å²) in [6, 6.07) is 7.75. The van der Waals surface area contributed by atoms with E-state index >= 15 is 0 Å². The van der Waals surface area contributed by atoms with Gasteiger partial charge in [0.2, 0.25) is 0 Å². The lowest BCUT2D eigenvalue weighted by Crippen LogP contribution is -2.02. The van der Waals surface area contributed by atoms with E-state index < -0.39 is 0 Å². The Morgan fingerprint density at radius 2 is 2.19 bits per heavy atom. The molecule has 0 atom stereocenters. The quantitative estimate of drug-likeness (QED) is 0.854. The first-order valence-corrected chi connectivity index (χ1v) is 6.01. The minimum atomic E-state index is 0.0548. The van der Waals surface area contributed by atoms with Gasteiger partial charge in [-0.2, -0.15) is 0 Å². The molecular formula is C12H14N2OS. The smallest absolute Gasteiger partial charge is 0.0898 e. The van der Waals surface area contributed by atoms with Crippen molar-refractivity contribution >= 4 is 17.0 Å². The number of thiazole rings is 1. The average molecular weight is 234 g/mol. The molecule has 2 rings (SSSR count). The maximum atomic E-state index is 9.17. The summed E-state index contributed by atoms with van der Waals surface area (Å²) in [7, 11) is 0. The number of para-hydroxylation sites is 1. The van der Waals surface area contributed by atoms with E-state index in [9.17, 15) is 0 Å². The third-order valence-electron chi connectivity index (χ3n) is 2.31. The Labute approximate surface area is 98.8 Å². The summed E-state index contributed by atoms with van der Waals surface area (Å²) in [5.74, 6) is 0. The van der Waals surface area contributed by atoms with E-state index in [2.05, 4.69) is 10.3 Å². The number of rotatable bonds is 4. The van der Waals surface area contributed by atoms with Gasteiger partial charge in [-0.1, -0.05) is 18.2 Å². The fourth-order valence-electron chi connectivity index (χ4n) is 1.51. The van der Waals surface area contributed by atoms with Gasteiger partial charge in [0, 0.05) is 16.6 Å². The summed E-state index contributed by atoms with van der Waals surface area (Å²) in [5, 5.41) is 15.6. The van der Waals surface area contributed by atoms with Gasteiger partial charge in [-0.15, -0.1) is 11.3 Å². The molecule has 1 aromatic carbocycles. The molecule has 1 heterocycles. The monoisotopic (exact) mass is 234 g/mol. The van der Waals surface area contributed by atoms with Crippen molar-refractivity contribution in [1.29, 1.82) is 0 Å². The Kier molecular flexibility index (Phi) is 3.54. The van der Waals surface area contributed by atoms with Crippen molar-refractivity contribution in [2.45, 2.75) is 20.1 Å². The molecule has 0 fully saturated rings. The minimum absolute atomic E-state index is 0.0548. The predicted molar refractivity (Wildman–Crippen MR) is 66.5 cm³/mol. The fraction of sp³-hybridized carbons (Fsp3) is 0.250. The van der Waals surface area contributed by atoms with Crippen LogP contribution in [-0.2, 0) is 13.2 Å². The lowest BCUT2D eigenvalue weighted by molar-refractivity contribution is 0.282. The molecule has 3 nitrogen and oxygen atoms in total. The van der Waals surface area contributed by atoms with Crippen molar-refractivity contribution < 1.29 is 5.11 Å². The van der Waals surface area contributed by atoms with Crippen molar-refractivity contribution in [3.63, 3.8) is 0 Å². The number of nitrogens with one attached hydrogen (secondary N) is 1. The summed E-state index contributed by atoms with van der Waals surface area (Å²) in [6.07, 6.45) is 0. The predicted octanol–water partition coefficient (Wildman–Crippen LogP) is 2.56. The van der Waals surface area contributed by atoms with E-state index in [1.807, 2.05) is 36.6 Å². The van der Waals surface area contributed by atoms with Crippen LogP contribution in [0.25, 0.3) is 0 Å². The molecule has 1 aromatic heterocycles. The van der Waals surface area contributed by atoms with Crippen LogP contribution in [0.5, 0.6) is 0 Å². The van der Waals surface area contributed by atoms with Crippen LogP contribution in [0.2, 0.25) is 0 Å². The molecule has 2 aromatic rings. The highest BCUT2D eigenvalue weighted by Crippen LogP contribution is 2.16. The summed E-state index contributed by atoms with van der Waals surface area (Å²) in [5.41, 5.74) is 2.92. The average Bonchev–Trinajstić information content (AvgIpc) is 2.73. The van der Waals surface area contributed by atoms with Gasteiger partial charge in [-0.3, -0.25) is 0 Å². The van der Waals surface area contributed by atoms with E-state index in [-0.39, 0.29) is 6.61 Å². The number of aromatic nitrogens is 1. The van der Waals surface area contributed by atoms with Gasteiger partial charge < -0.3 is 10.4 Å². The number of hydrogen-bond donors (Lipinski definition) is 2. The van der Waals surface area contributed by atoms with Crippen LogP contribution >= 0.6 is 11.3 Å². The van der Waals surface area contributed by atoms with E-state index in [4.69, 9.17) is 5.11 Å². The van der Waals surface area contributed by atoms with Crippen LogP contribution in [-0.4, -0.2) is 10.1 Å². The zero-order valence-electron chi connectivity index (χ0n) is 9.10. The number of aliphatic hydroxyl groups is 1. The maximum Gasteiger partial charge on any atom is 0.0898 e. The second kappa shape index (κ2) is 5.09. The summed E-state index contributed by atoms with van der Waals surface area (Å²) >= 11 is 1.65. The molecule has 0 saturated heterocycles. The third-order valence-corrected chi connectivity index (χ3v) is 3.14. The summed E-state index contributed by atoms with van der Waals surface area (Å²) in [6.45, 7) is 2.75. The van der Waals surface area contributed by atoms with Crippen molar-refractivity contribution in [1.82, 2.24) is 4.98 Å². The molecule has 84 valence electrons. The summed E-state index contributed by atoms with van der Waals surface area (Å²) < 4.78 is 0. The molecular weight excluding hydrogens is 220 g/mol. The van der Waals surface area contributed by atoms with E-state index in [1.165, 1.54) is 0 Å². The van der Waals surface area contributed by atoms with Crippen LogP contribution in [0.4, 0.5) is 5.69 Å². The zero-order chi connectivity index (χ0) is 11.4. The molecule has 4 heteroatoms. The van der Waals surface area contributed by atoms with E-state index in [0.717, 1.165) is 22.0 Å².